The number of rotatable bonds is 3. The second-order valence-corrected chi connectivity index (χ2v) is 5.79. The number of hydrogen-bond acceptors (Lipinski definition) is 4. The first-order valence-electron chi connectivity index (χ1n) is 7.17. The van der Waals surface area contributed by atoms with Crippen molar-refractivity contribution in [3.63, 3.8) is 0 Å². The molecule has 21 heavy (non-hydrogen) atoms. The summed E-state index contributed by atoms with van der Waals surface area (Å²) < 4.78 is 4.69. The lowest BCUT2D eigenvalue weighted by Gasteiger charge is -2.32. The fraction of sp³-hybridized carbons (Fsp3) is 0.500. The summed E-state index contributed by atoms with van der Waals surface area (Å²) in [5.41, 5.74) is 1.75. The van der Waals surface area contributed by atoms with E-state index < -0.39 is 0 Å². The van der Waals surface area contributed by atoms with Crippen LogP contribution in [0.2, 0.25) is 0 Å². The van der Waals surface area contributed by atoms with Crippen molar-refractivity contribution in [2.45, 2.75) is 26.7 Å². The summed E-state index contributed by atoms with van der Waals surface area (Å²) in [6.07, 6.45) is 1.66. The first kappa shape index (κ1) is 15.5. The predicted molar refractivity (Wildman–Crippen MR) is 81.4 cm³/mol. The van der Waals surface area contributed by atoms with Crippen LogP contribution in [0.3, 0.4) is 0 Å². The van der Waals surface area contributed by atoms with Gasteiger partial charge < -0.3 is 15.4 Å². The monoisotopic (exact) mass is 290 g/mol. The Kier molecular flexibility index (Phi) is 4.63. The van der Waals surface area contributed by atoms with Crippen LogP contribution in [0.15, 0.2) is 18.2 Å². The Morgan fingerprint density at radius 1 is 1.29 bits per heavy atom. The number of piperidine rings is 1. The number of methoxy groups -OCH3 is 1. The molecule has 5 nitrogen and oxygen atoms in total. The van der Waals surface area contributed by atoms with E-state index in [2.05, 4.69) is 10.6 Å². The van der Waals surface area contributed by atoms with Crippen LogP contribution < -0.4 is 10.6 Å². The highest BCUT2D eigenvalue weighted by Gasteiger charge is 2.34. The van der Waals surface area contributed by atoms with Crippen LogP contribution in [0, 0.1) is 12.3 Å². The van der Waals surface area contributed by atoms with Crippen molar-refractivity contribution >= 4 is 17.6 Å². The molecule has 1 aliphatic rings. The molecule has 1 aliphatic heterocycles. The molecule has 1 amide bonds. The molecule has 1 aromatic rings. The average molecular weight is 290 g/mol. The summed E-state index contributed by atoms with van der Waals surface area (Å²) in [5, 5.41) is 6.25. The van der Waals surface area contributed by atoms with Crippen LogP contribution in [0.4, 0.5) is 5.69 Å². The average Bonchev–Trinajstić information content (AvgIpc) is 2.49. The van der Waals surface area contributed by atoms with Gasteiger partial charge in [0.15, 0.2) is 0 Å². The number of anilines is 1. The summed E-state index contributed by atoms with van der Waals surface area (Å²) in [6.45, 7) is 5.60. The van der Waals surface area contributed by atoms with Crippen LogP contribution in [0.5, 0.6) is 0 Å². The van der Waals surface area contributed by atoms with Gasteiger partial charge in [0.2, 0.25) is 5.91 Å². The van der Waals surface area contributed by atoms with Crippen molar-refractivity contribution in [1.29, 1.82) is 0 Å². The van der Waals surface area contributed by atoms with E-state index in [9.17, 15) is 9.59 Å². The SMILES string of the molecule is COC(=O)c1ccc(NC(=O)C2(C)CCNCC2)c(C)c1. The number of carbonyl (C=O) groups excluding carboxylic acids is 2. The summed E-state index contributed by atoms with van der Waals surface area (Å²) in [4.78, 5) is 24.0. The first-order chi connectivity index (χ1) is 9.96. The second-order valence-electron chi connectivity index (χ2n) is 5.79. The molecule has 1 aromatic carbocycles. The van der Waals surface area contributed by atoms with E-state index in [1.54, 1.807) is 18.2 Å². The van der Waals surface area contributed by atoms with Gasteiger partial charge in [0.1, 0.15) is 0 Å². The summed E-state index contributed by atoms with van der Waals surface area (Å²) in [7, 11) is 1.35. The van der Waals surface area contributed by atoms with Gasteiger partial charge in [0.25, 0.3) is 0 Å². The first-order valence-corrected chi connectivity index (χ1v) is 7.17. The van der Waals surface area contributed by atoms with Gasteiger partial charge in [0, 0.05) is 11.1 Å². The lowest BCUT2D eigenvalue weighted by atomic mass is 9.80. The van der Waals surface area contributed by atoms with Gasteiger partial charge in [0.05, 0.1) is 12.7 Å². The molecular formula is C16H22N2O3. The van der Waals surface area contributed by atoms with Gasteiger partial charge >= 0.3 is 5.97 Å². The Morgan fingerprint density at radius 2 is 1.95 bits per heavy atom. The highest BCUT2D eigenvalue weighted by atomic mass is 16.5. The highest BCUT2D eigenvalue weighted by Crippen LogP contribution is 2.30. The molecule has 5 heteroatoms. The van der Waals surface area contributed by atoms with Gasteiger partial charge in [-0.15, -0.1) is 0 Å². The molecule has 0 aliphatic carbocycles. The minimum Gasteiger partial charge on any atom is -0.465 e. The lowest BCUT2D eigenvalue weighted by molar-refractivity contribution is -0.126. The number of esters is 1. The Balaban J connectivity index is 2.12. The molecule has 0 saturated carbocycles. The minimum absolute atomic E-state index is 0.0397. The smallest absolute Gasteiger partial charge is 0.337 e. The lowest BCUT2D eigenvalue weighted by Crippen LogP contribution is -2.42. The third-order valence-electron chi connectivity index (χ3n) is 4.15. The topological polar surface area (TPSA) is 67.4 Å². The molecule has 1 heterocycles. The molecule has 1 fully saturated rings. The maximum atomic E-state index is 12.5. The fourth-order valence-corrected chi connectivity index (χ4v) is 2.53. The van der Waals surface area contributed by atoms with E-state index >= 15 is 0 Å². The predicted octanol–water partition coefficient (Wildman–Crippen LogP) is 2.11. The molecule has 0 radical (unpaired) electrons. The van der Waals surface area contributed by atoms with E-state index in [1.807, 2.05) is 13.8 Å². The van der Waals surface area contributed by atoms with E-state index in [4.69, 9.17) is 4.74 Å². The van der Waals surface area contributed by atoms with Crippen molar-refractivity contribution in [2.75, 3.05) is 25.5 Å². The molecular weight excluding hydrogens is 268 g/mol. The largest absolute Gasteiger partial charge is 0.465 e. The van der Waals surface area contributed by atoms with Crippen LogP contribution in [-0.2, 0) is 9.53 Å². The number of amides is 1. The quantitative estimate of drug-likeness (QED) is 0.837. The molecule has 0 bridgehead atoms. The zero-order valence-corrected chi connectivity index (χ0v) is 12.8. The van der Waals surface area contributed by atoms with E-state index in [1.165, 1.54) is 7.11 Å². The normalized spacial score (nSPS) is 17.1. The molecule has 0 atom stereocenters. The minimum atomic E-state index is -0.374. The Labute approximate surface area is 125 Å². The Hall–Kier alpha value is -1.88. The number of nitrogens with one attached hydrogen (secondary N) is 2. The Morgan fingerprint density at radius 3 is 2.52 bits per heavy atom. The molecule has 2 rings (SSSR count). The maximum absolute atomic E-state index is 12.5. The number of aryl methyl sites for hydroxylation is 1. The molecule has 1 saturated heterocycles. The molecule has 114 valence electrons. The maximum Gasteiger partial charge on any atom is 0.337 e. The van der Waals surface area contributed by atoms with Gasteiger partial charge in [-0.25, -0.2) is 4.79 Å². The van der Waals surface area contributed by atoms with Gasteiger partial charge in [-0.05, 0) is 56.6 Å². The number of ether oxygens (including phenoxy) is 1. The van der Waals surface area contributed by atoms with Gasteiger partial charge in [-0.3, -0.25) is 4.79 Å². The number of carbonyl (C=O) groups is 2. The third kappa shape index (κ3) is 3.42. The van der Waals surface area contributed by atoms with Crippen molar-refractivity contribution in [3.8, 4) is 0 Å². The fourth-order valence-electron chi connectivity index (χ4n) is 2.53. The van der Waals surface area contributed by atoms with E-state index in [-0.39, 0.29) is 17.3 Å². The summed E-state index contributed by atoms with van der Waals surface area (Å²) in [6, 6.07) is 5.15. The summed E-state index contributed by atoms with van der Waals surface area (Å²) in [5.74, 6) is -0.334. The van der Waals surface area contributed by atoms with Crippen molar-refractivity contribution in [2.24, 2.45) is 5.41 Å². The molecule has 0 aromatic heterocycles. The Bertz CT molecular complexity index is 548. The summed E-state index contributed by atoms with van der Waals surface area (Å²) >= 11 is 0. The van der Waals surface area contributed by atoms with Crippen molar-refractivity contribution < 1.29 is 14.3 Å². The van der Waals surface area contributed by atoms with Gasteiger partial charge in [-0.1, -0.05) is 6.92 Å². The van der Waals surface area contributed by atoms with Crippen LogP contribution in [0.1, 0.15) is 35.7 Å². The van der Waals surface area contributed by atoms with E-state index in [0.29, 0.717) is 5.56 Å². The highest BCUT2D eigenvalue weighted by molar-refractivity contribution is 5.97. The second kappa shape index (κ2) is 6.26. The van der Waals surface area contributed by atoms with E-state index in [0.717, 1.165) is 37.2 Å². The molecule has 2 N–H and O–H groups in total. The van der Waals surface area contributed by atoms with Crippen LogP contribution in [0.25, 0.3) is 0 Å². The standard InChI is InChI=1S/C16H22N2O3/c1-11-10-12(14(19)21-3)4-5-13(11)18-15(20)16(2)6-8-17-9-7-16/h4-5,10,17H,6-9H2,1-3H3,(H,18,20). The number of benzene rings is 1. The molecule has 0 spiro atoms. The van der Waals surface area contributed by atoms with Crippen molar-refractivity contribution in [1.82, 2.24) is 5.32 Å². The third-order valence-corrected chi connectivity index (χ3v) is 4.15. The van der Waals surface area contributed by atoms with Crippen molar-refractivity contribution in [3.05, 3.63) is 29.3 Å². The van der Waals surface area contributed by atoms with Crippen LogP contribution in [-0.4, -0.2) is 32.1 Å². The zero-order valence-electron chi connectivity index (χ0n) is 12.8. The van der Waals surface area contributed by atoms with Gasteiger partial charge in [-0.2, -0.15) is 0 Å². The zero-order chi connectivity index (χ0) is 15.5. The van der Waals surface area contributed by atoms with Crippen LogP contribution >= 0.6 is 0 Å². The number of hydrogen-bond donors (Lipinski definition) is 2. The molecule has 0 unspecified atom stereocenters.